The van der Waals surface area contributed by atoms with Crippen molar-refractivity contribution in [3.8, 4) is 6.07 Å². The summed E-state index contributed by atoms with van der Waals surface area (Å²) in [6.07, 6.45) is 1.83. The Morgan fingerprint density at radius 2 is 2.15 bits per heavy atom. The first kappa shape index (κ1) is 19.3. The van der Waals surface area contributed by atoms with Gasteiger partial charge in [-0.2, -0.15) is 10.4 Å². The van der Waals surface area contributed by atoms with E-state index in [0.717, 1.165) is 11.5 Å². The van der Waals surface area contributed by atoms with Crippen LogP contribution in [0.15, 0.2) is 42.6 Å². The third kappa shape index (κ3) is 4.63. The molecule has 0 bridgehead atoms. The molecule has 0 fully saturated rings. The Kier molecular flexibility index (Phi) is 5.75. The van der Waals surface area contributed by atoms with E-state index in [9.17, 15) is 12.8 Å². The van der Waals surface area contributed by atoms with Gasteiger partial charge in [-0.15, -0.1) is 0 Å². The first-order valence-corrected chi connectivity index (χ1v) is 10.2. The first-order valence-electron chi connectivity index (χ1n) is 8.12. The fourth-order valence-electron chi connectivity index (χ4n) is 2.88. The lowest BCUT2D eigenvalue weighted by atomic mass is 10.0. The fraction of sp³-hybridized carbons (Fsp3) is 0.222. The van der Waals surface area contributed by atoms with Crippen LogP contribution in [0.1, 0.15) is 30.0 Å². The van der Waals surface area contributed by atoms with E-state index in [4.69, 9.17) is 16.9 Å². The zero-order chi connectivity index (χ0) is 19.4. The molecule has 1 atom stereocenters. The molecule has 0 aliphatic heterocycles. The molecule has 0 aliphatic rings. The zero-order valence-electron chi connectivity index (χ0n) is 14.1. The molecule has 2 aromatic carbocycles. The molecule has 1 aromatic heterocycles. The second kappa shape index (κ2) is 8.05. The summed E-state index contributed by atoms with van der Waals surface area (Å²) in [6, 6.07) is 10.4. The van der Waals surface area contributed by atoms with Crippen LogP contribution in [0.5, 0.6) is 0 Å². The SMILES string of the molecule is N#CCCC(NS(=O)(=O)Cc1cccc2cn[nH]c12)c1ccc(Cl)cc1F. The lowest BCUT2D eigenvalue weighted by Crippen LogP contribution is -2.30. The van der Waals surface area contributed by atoms with E-state index >= 15 is 0 Å². The van der Waals surface area contributed by atoms with Crippen molar-refractivity contribution in [3.05, 3.63) is 64.6 Å². The van der Waals surface area contributed by atoms with Gasteiger partial charge in [0.05, 0.1) is 29.6 Å². The summed E-state index contributed by atoms with van der Waals surface area (Å²) in [7, 11) is -3.82. The molecule has 0 spiro atoms. The number of hydrogen-bond acceptors (Lipinski definition) is 4. The van der Waals surface area contributed by atoms with Crippen LogP contribution in [0.2, 0.25) is 5.02 Å². The Morgan fingerprint density at radius 3 is 2.89 bits per heavy atom. The van der Waals surface area contributed by atoms with Crippen molar-refractivity contribution in [1.82, 2.24) is 14.9 Å². The number of nitrogens with zero attached hydrogens (tertiary/aromatic N) is 2. The van der Waals surface area contributed by atoms with E-state index in [1.807, 2.05) is 12.1 Å². The second-order valence-electron chi connectivity index (χ2n) is 6.04. The van der Waals surface area contributed by atoms with Crippen molar-refractivity contribution in [3.63, 3.8) is 0 Å². The summed E-state index contributed by atoms with van der Waals surface area (Å²) in [5.74, 6) is -0.922. The molecule has 6 nitrogen and oxygen atoms in total. The topological polar surface area (TPSA) is 98.6 Å². The summed E-state index contributed by atoms with van der Waals surface area (Å²) >= 11 is 5.77. The standard InChI is InChI=1S/C18H16ClFN4O2S/c19-14-6-7-15(16(20)9-14)17(5-2-8-21)24-27(25,26)11-13-4-1-3-12-10-22-23-18(12)13/h1,3-4,6-7,9-10,17,24H,2,5,11H2,(H,22,23). The Labute approximate surface area is 161 Å². The molecular formula is C18H16ClFN4O2S. The van der Waals surface area contributed by atoms with Crippen LogP contribution in [-0.4, -0.2) is 18.6 Å². The van der Waals surface area contributed by atoms with Gasteiger partial charge in [0.1, 0.15) is 5.82 Å². The number of nitriles is 1. The minimum Gasteiger partial charge on any atom is -0.278 e. The molecule has 3 rings (SSSR count). The highest BCUT2D eigenvalue weighted by molar-refractivity contribution is 7.88. The van der Waals surface area contributed by atoms with Gasteiger partial charge < -0.3 is 0 Å². The smallest absolute Gasteiger partial charge is 0.216 e. The third-order valence-electron chi connectivity index (χ3n) is 4.11. The van der Waals surface area contributed by atoms with Crippen LogP contribution in [0.3, 0.4) is 0 Å². The molecule has 140 valence electrons. The molecule has 1 unspecified atom stereocenters. The number of aromatic nitrogens is 2. The third-order valence-corrected chi connectivity index (χ3v) is 5.68. The van der Waals surface area contributed by atoms with Crippen molar-refractivity contribution >= 4 is 32.5 Å². The molecule has 0 aliphatic carbocycles. The molecule has 0 saturated carbocycles. The molecule has 27 heavy (non-hydrogen) atoms. The molecule has 3 aromatic rings. The summed E-state index contributed by atoms with van der Waals surface area (Å²) in [4.78, 5) is 0. The maximum atomic E-state index is 14.3. The minimum atomic E-state index is -3.82. The minimum absolute atomic E-state index is 0.0748. The predicted octanol–water partition coefficient (Wildman–Crippen LogP) is 3.82. The van der Waals surface area contributed by atoms with Gasteiger partial charge in [0.25, 0.3) is 0 Å². The van der Waals surface area contributed by atoms with E-state index in [0.29, 0.717) is 11.1 Å². The Bertz CT molecular complexity index is 1110. The highest BCUT2D eigenvalue weighted by Gasteiger charge is 2.23. The molecule has 0 saturated heterocycles. The number of H-pyrrole nitrogens is 1. The molecule has 1 heterocycles. The van der Waals surface area contributed by atoms with Gasteiger partial charge in [-0.1, -0.05) is 35.9 Å². The molecule has 0 amide bonds. The van der Waals surface area contributed by atoms with E-state index in [2.05, 4.69) is 14.9 Å². The number of aromatic amines is 1. The highest BCUT2D eigenvalue weighted by Crippen LogP contribution is 2.26. The van der Waals surface area contributed by atoms with Gasteiger partial charge in [-0.3, -0.25) is 5.10 Å². The van der Waals surface area contributed by atoms with E-state index in [-0.39, 0.29) is 29.2 Å². The molecule has 9 heteroatoms. The lowest BCUT2D eigenvalue weighted by molar-refractivity contribution is 0.519. The van der Waals surface area contributed by atoms with Gasteiger partial charge in [-0.25, -0.2) is 17.5 Å². The number of hydrogen-bond donors (Lipinski definition) is 2. The fourth-order valence-corrected chi connectivity index (χ4v) is 4.46. The number of benzene rings is 2. The summed E-state index contributed by atoms with van der Waals surface area (Å²) in [6.45, 7) is 0. The van der Waals surface area contributed by atoms with Crippen LogP contribution in [0.4, 0.5) is 4.39 Å². The number of rotatable bonds is 7. The van der Waals surface area contributed by atoms with Crippen LogP contribution >= 0.6 is 11.6 Å². The number of nitrogens with one attached hydrogen (secondary N) is 2. The predicted molar refractivity (Wildman–Crippen MR) is 101 cm³/mol. The van der Waals surface area contributed by atoms with Gasteiger partial charge in [-0.05, 0) is 24.1 Å². The average molecular weight is 407 g/mol. The van der Waals surface area contributed by atoms with Crippen LogP contribution in [-0.2, 0) is 15.8 Å². The normalized spacial score (nSPS) is 12.8. The van der Waals surface area contributed by atoms with Crippen LogP contribution < -0.4 is 4.72 Å². The summed E-state index contributed by atoms with van der Waals surface area (Å²) in [5, 5.41) is 16.6. The van der Waals surface area contributed by atoms with Crippen LogP contribution in [0, 0.1) is 17.1 Å². The highest BCUT2D eigenvalue weighted by atomic mass is 35.5. The van der Waals surface area contributed by atoms with Gasteiger partial charge >= 0.3 is 0 Å². The lowest BCUT2D eigenvalue weighted by Gasteiger charge is -2.19. The van der Waals surface area contributed by atoms with E-state index < -0.39 is 21.9 Å². The number of halogens is 2. The van der Waals surface area contributed by atoms with Gasteiger partial charge in [0, 0.05) is 22.4 Å². The average Bonchev–Trinajstić information content (AvgIpc) is 3.08. The quantitative estimate of drug-likeness (QED) is 0.623. The largest absolute Gasteiger partial charge is 0.278 e. The van der Waals surface area contributed by atoms with E-state index in [1.54, 1.807) is 18.3 Å². The van der Waals surface area contributed by atoms with Crippen molar-refractivity contribution < 1.29 is 12.8 Å². The Hall–Kier alpha value is -2.47. The monoisotopic (exact) mass is 406 g/mol. The Balaban J connectivity index is 1.87. The van der Waals surface area contributed by atoms with Gasteiger partial charge in [0.15, 0.2) is 0 Å². The zero-order valence-corrected chi connectivity index (χ0v) is 15.7. The Morgan fingerprint density at radius 1 is 1.33 bits per heavy atom. The molecule has 0 radical (unpaired) electrons. The maximum Gasteiger partial charge on any atom is 0.216 e. The maximum absolute atomic E-state index is 14.3. The number of para-hydroxylation sites is 1. The van der Waals surface area contributed by atoms with E-state index in [1.165, 1.54) is 12.1 Å². The number of sulfonamides is 1. The van der Waals surface area contributed by atoms with Crippen molar-refractivity contribution in [2.45, 2.75) is 24.6 Å². The van der Waals surface area contributed by atoms with Crippen molar-refractivity contribution in [1.29, 1.82) is 5.26 Å². The second-order valence-corrected chi connectivity index (χ2v) is 8.23. The number of fused-ring (bicyclic) bond motifs is 1. The molecular weight excluding hydrogens is 391 g/mol. The summed E-state index contributed by atoms with van der Waals surface area (Å²) < 4.78 is 42.2. The van der Waals surface area contributed by atoms with Gasteiger partial charge in [0.2, 0.25) is 10.0 Å². The van der Waals surface area contributed by atoms with Crippen molar-refractivity contribution in [2.75, 3.05) is 0 Å². The molecule has 2 N–H and O–H groups in total. The van der Waals surface area contributed by atoms with Crippen LogP contribution in [0.25, 0.3) is 10.9 Å². The summed E-state index contributed by atoms with van der Waals surface area (Å²) in [5.41, 5.74) is 1.33. The first-order chi connectivity index (χ1) is 12.9. The van der Waals surface area contributed by atoms with Crippen molar-refractivity contribution in [2.24, 2.45) is 0 Å².